The average Bonchev–Trinajstić information content (AvgIpc) is 2.66. The molecule has 1 heterocycles. The van der Waals surface area contributed by atoms with Crippen molar-refractivity contribution in [3.63, 3.8) is 0 Å². The minimum Gasteiger partial charge on any atom is -0.452 e. The summed E-state index contributed by atoms with van der Waals surface area (Å²) in [5.74, 6) is 0.583. The van der Waals surface area contributed by atoms with Crippen molar-refractivity contribution < 1.29 is 12.8 Å². The van der Waals surface area contributed by atoms with Gasteiger partial charge in [-0.15, -0.1) is 0 Å². The van der Waals surface area contributed by atoms with Crippen molar-refractivity contribution >= 4 is 26.0 Å². The lowest BCUT2D eigenvalue weighted by molar-refractivity contribution is 0.370. The van der Waals surface area contributed by atoms with Crippen LogP contribution in [0.5, 0.6) is 0 Å². The minimum absolute atomic E-state index is 0.135. The number of rotatable bonds is 8. The maximum Gasteiger partial charge on any atom is 0.245 e. The first kappa shape index (κ1) is 17.6. The zero-order valence-corrected chi connectivity index (χ0v) is 14.6. The Kier molecular flexibility index (Phi) is 6.67. The molecule has 20 heavy (non-hydrogen) atoms. The SMILES string of the molecule is CCNCc1cc(S(=O)(=O)NC(C)CN(C)C)c(Br)o1. The third kappa shape index (κ3) is 5.17. The second kappa shape index (κ2) is 7.56. The molecule has 0 amide bonds. The second-order valence-corrected chi connectivity index (χ2v) is 7.32. The van der Waals surface area contributed by atoms with Gasteiger partial charge >= 0.3 is 0 Å². The van der Waals surface area contributed by atoms with Crippen LogP contribution in [0.15, 0.2) is 20.0 Å². The van der Waals surface area contributed by atoms with Gasteiger partial charge in [-0.3, -0.25) is 0 Å². The molecule has 1 unspecified atom stereocenters. The number of hydrogen-bond donors (Lipinski definition) is 2. The molecule has 0 saturated heterocycles. The Morgan fingerprint density at radius 1 is 1.45 bits per heavy atom. The van der Waals surface area contributed by atoms with Gasteiger partial charge in [-0.1, -0.05) is 6.92 Å². The highest BCUT2D eigenvalue weighted by Crippen LogP contribution is 2.26. The van der Waals surface area contributed by atoms with Crippen LogP contribution in [0.2, 0.25) is 0 Å². The Morgan fingerprint density at radius 3 is 2.65 bits per heavy atom. The van der Waals surface area contributed by atoms with E-state index in [1.807, 2.05) is 32.8 Å². The molecule has 0 fully saturated rings. The van der Waals surface area contributed by atoms with E-state index < -0.39 is 10.0 Å². The van der Waals surface area contributed by atoms with Gasteiger partial charge < -0.3 is 14.6 Å². The molecule has 0 aliphatic carbocycles. The van der Waals surface area contributed by atoms with Gasteiger partial charge in [0.1, 0.15) is 10.7 Å². The molecule has 116 valence electrons. The van der Waals surface area contributed by atoms with E-state index in [9.17, 15) is 8.42 Å². The van der Waals surface area contributed by atoms with Gasteiger partial charge in [-0.25, -0.2) is 13.1 Å². The number of halogens is 1. The van der Waals surface area contributed by atoms with Crippen molar-refractivity contribution in [2.75, 3.05) is 27.2 Å². The molecule has 1 atom stereocenters. The standard InChI is InChI=1S/C12H22BrN3O3S/c1-5-14-7-10-6-11(12(13)19-10)20(17,18)15-9(2)8-16(3)4/h6,9,14-15H,5,7-8H2,1-4H3. The Morgan fingerprint density at radius 2 is 2.10 bits per heavy atom. The summed E-state index contributed by atoms with van der Waals surface area (Å²) in [6, 6.07) is 1.35. The summed E-state index contributed by atoms with van der Waals surface area (Å²) >= 11 is 3.16. The fraction of sp³-hybridized carbons (Fsp3) is 0.667. The highest BCUT2D eigenvalue weighted by atomic mass is 79.9. The molecule has 6 nitrogen and oxygen atoms in total. The van der Waals surface area contributed by atoms with Crippen molar-refractivity contribution in [3.05, 3.63) is 16.5 Å². The van der Waals surface area contributed by atoms with E-state index in [4.69, 9.17) is 4.42 Å². The lowest BCUT2D eigenvalue weighted by atomic mass is 10.3. The van der Waals surface area contributed by atoms with Crippen LogP contribution >= 0.6 is 15.9 Å². The summed E-state index contributed by atoms with van der Waals surface area (Å²) in [6.07, 6.45) is 0. The first-order valence-electron chi connectivity index (χ1n) is 6.42. The van der Waals surface area contributed by atoms with E-state index in [2.05, 4.69) is 26.0 Å². The van der Waals surface area contributed by atoms with Gasteiger partial charge in [-0.2, -0.15) is 0 Å². The zero-order chi connectivity index (χ0) is 15.3. The molecule has 1 aromatic heterocycles. The monoisotopic (exact) mass is 367 g/mol. The average molecular weight is 368 g/mol. The number of furan rings is 1. The number of hydrogen-bond acceptors (Lipinski definition) is 5. The van der Waals surface area contributed by atoms with Gasteiger partial charge in [-0.05, 0) is 43.5 Å². The van der Waals surface area contributed by atoms with Crippen LogP contribution < -0.4 is 10.0 Å². The van der Waals surface area contributed by atoms with Crippen LogP contribution in [0.1, 0.15) is 19.6 Å². The van der Waals surface area contributed by atoms with Crippen LogP contribution in [-0.2, 0) is 16.6 Å². The fourth-order valence-corrected chi connectivity index (χ4v) is 4.06. The molecule has 0 aliphatic rings. The van der Waals surface area contributed by atoms with Gasteiger partial charge in [0.2, 0.25) is 10.0 Å². The Labute approximate surface area is 129 Å². The van der Waals surface area contributed by atoms with Crippen molar-refractivity contribution in [1.82, 2.24) is 14.9 Å². The van der Waals surface area contributed by atoms with Crippen LogP contribution in [0, 0.1) is 0 Å². The van der Waals surface area contributed by atoms with E-state index in [1.54, 1.807) is 0 Å². The third-order valence-corrected chi connectivity index (χ3v) is 4.99. The lowest BCUT2D eigenvalue weighted by Gasteiger charge is -2.17. The Bertz CT molecular complexity index is 528. The predicted molar refractivity (Wildman–Crippen MR) is 82.1 cm³/mol. The van der Waals surface area contributed by atoms with Crippen LogP contribution in [0.25, 0.3) is 0 Å². The summed E-state index contributed by atoms with van der Waals surface area (Å²) in [5, 5.41) is 3.09. The van der Waals surface area contributed by atoms with E-state index in [1.165, 1.54) is 6.07 Å². The van der Waals surface area contributed by atoms with Crippen molar-refractivity contribution in [3.8, 4) is 0 Å². The maximum atomic E-state index is 12.3. The zero-order valence-electron chi connectivity index (χ0n) is 12.2. The number of sulfonamides is 1. The lowest BCUT2D eigenvalue weighted by Crippen LogP contribution is -2.39. The Hall–Kier alpha value is -0.410. The third-order valence-electron chi connectivity index (χ3n) is 2.54. The van der Waals surface area contributed by atoms with Crippen LogP contribution in [-0.4, -0.2) is 46.5 Å². The topological polar surface area (TPSA) is 74.6 Å². The molecule has 2 N–H and O–H groups in total. The normalized spacial score (nSPS) is 13.9. The summed E-state index contributed by atoms with van der Waals surface area (Å²) in [5.41, 5.74) is 0. The summed E-state index contributed by atoms with van der Waals surface area (Å²) in [6.45, 7) is 5.71. The summed E-state index contributed by atoms with van der Waals surface area (Å²) < 4.78 is 32.8. The van der Waals surface area contributed by atoms with Crippen LogP contribution in [0.4, 0.5) is 0 Å². The molecule has 1 aromatic rings. The molecule has 0 saturated carbocycles. The molecular weight excluding hydrogens is 346 g/mol. The van der Waals surface area contributed by atoms with Crippen molar-refractivity contribution in [1.29, 1.82) is 0 Å². The molecule has 0 radical (unpaired) electrons. The van der Waals surface area contributed by atoms with E-state index in [0.29, 0.717) is 18.8 Å². The van der Waals surface area contributed by atoms with Gasteiger partial charge in [0.15, 0.2) is 4.67 Å². The van der Waals surface area contributed by atoms with Crippen molar-refractivity contribution in [2.24, 2.45) is 0 Å². The largest absolute Gasteiger partial charge is 0.452 e. The predicted octanol–water partition coefficient (Wildman–Crippen LogP) is 1.38. The first-order valence-corrected chi connectivity index (χ1v) is 8.70. The van der Waals surface area contributed by atoms with Crippen molar-refractivity contribution in [2.45, 2.75) is 31.3 Å². The van der Waals surface area contributed by atoms with E-state index >= 15 is 0 Å². The fourth-order valence-electron chi connectivity index (χ4n) is 1.83. The van der Waals surface area contributed by atoms with E-state index in [-0.39, 0.29) is 15.6 Å². The summed E-state index contributed by atoms with van der Waals surface area (Å²) in [7, 11) is 0.207. The Balaban J connectivity index is 2.84. The summed E-state index contributed by atoms with van der Waals surface area (Å²) in [4.78, 5) is 2.06. The smallest absolute Gasteiger partial charge is 0.245 e. The molecular formula is C12H22BrN3O3S. The van der Waals surface area contributed by atoms with Gasteiger partial charge in [0.25, 0.3) is 0 Å². The van der Waals surface area contributed by atoms with E-state index in [0.717, 1.165) is 6.54 Å². The molecule has 8 heteroatoms. The van der Waals surface area contributed by atoms with Crippen LogP contribution in [0.3, 0.4) is 0 Å². The quantitative estimate of drug-likeness (QED) is 0.725. The highest BCUT2D eigenvalue weighted by Gasteiger charge is 2.24. The second-order valence-electron chi connectivity index (χ2n) is 4.92. The number of likely N-dealkylation sites (N-methyl/N-ethyl adjacent to an activating group) is 1. The van der Waals surface area contributed by atoms with Gasteiger partial charge in [0.05, 0.1) is 6.54 Å². The number of nitrogens with one attached hydrogen (secondary N) is 2. The maximum absolute atomic E-state index is 12.3. The number of nitrogens with zero attached hydrogens (tertiary/aromatic N) is 1. The first-order chi connectivity index (χ1) is 9.26. The molecule has 1 rings (SSSR count). The molecule has 0 aliphatic heterocycles. The van der Waals surface area contributed by atoms with Gasteiger partial charge in [0, 0.05) is 18.7 Å². The molecule has 0 aromatic carbocycles. The molecule has 0 spiro atoms. The minimum atomic E-state index is -3.59. The molecule has 0 bridgehead atoms. The highest BCUT2D eigenvalue weighted by molar-refractivity contribution is 9.10.